The molecule has 1 unspecified atom stereocenters. The molecule has 0 bridgehead atoms. The van der Waals surface area contributed by atoms with E-state index in [1.54, 1.807) is 31.2 Å². The zero-order chi connectivity index (χ0) is 12.1. The summed E-state index contributed by atoms with van der Waals surface area (Å²) in [6.07, 6.45) is 0.140. The molecule has 86 valence electrons. The third kappa shape index (κ3) is 3.73. The van der Waals surface area contributed by atoms with Gasteiger partial charge in [0.15, 0.2) is 0 Å². The lowest BCUT2D eigenvalue weighted by Gasteiger charge is -2.13. The van der Waals surface area contributed by atoms with E-state index >= 15 is 0 Å². The molecule has 0 aromatic heterocycles. The van der Waals surface area contributed by atoms with Crippen LogP contribution in [-0.2, 0) is 4.79 Å². The second-order valence-electron chi connectivity index (χ2n) is 3.73. The first kappa shape index (κ1) is 12.2. The predicted molar refractivity (Wildman–Crippen MR) is 60.3 cm³/mol. The van der Waals surface area contributed by atoms with Gasteiger partial charge in [0.05, 0.1) is 0 Å². The Labute approximate surface area is 94.4 Å². The first-order valence-corrected chi connectivity index (χ1v) is 5.05. The summed E-state index contributed by atoms with van der Waals surface area (Å²) < 4.78 is 5.49. The van der Waals surface area contributed by atoms with Gasteiger partial charge in [-0.05, 0) is 32.0 Å². The molecule has 0 saturated carbocycles. The van der Waals surface area contributed by atoms with E-state index in [1.165, 1.54) is 6.92 Å². The number of carbonyl (C=O) groups is 2. The van der Waals surface area contributed by atoms with E-state index in [-0.39, 0.29) is 11.9 Å². The smallest absolute Gasteiger partial charge is 0.248 e. The number of hydrogen-bond acceptors (Lipinski definition) is 3. The summed E-state index contributed by atoms with van der Waals surface area (Å²) in [4.78, 5) is 21.8. The molecule has 1 atom stereocenters. The fourth-order valence-electron chi connectivity index (χ4n) is 1.40. The molecule has 4 heteroatoms. The van der Waals surface area contributed by atoms with Gasteiger partial charge in [-0.2, -0.15) is 0 Å². The van der Waals surface area contributed by atoms with E-state index in [0.29, 0.717) is 17.7 Å². The normalized spacial score (nSPS) is 11.9. The Hall–Kier alpha value is -1.84. The maximum absolute atomic E-state index is 10.9. The minimum absolute atomic E-state index is 0.0681. The molecule has 1 aromatic carbocycles. The summed E-state index contributed by atoms with van der Waals surface area (Å²) in [6.45, 7) is 3.32. The van der Waals surface area contributed by atoms with Crippen molar-refractivity contribution in [3.8, 4) is 5.75 Å². The summed E-state index contributed by atoms with van der Waals surface area (Å²) in [5, 5.41) is 0. The van der Waals surface area contributed by atoms with E-state index in [9.17, 15) is 9.59 Å². The molecule has 1 amide bonds. The van der Waals surface area contributed by atoms with Gasteiger partial charge < -0.3 is 10.5 Å². The predicted octanol–water partition coefficient (Wildman–Crippen LogP) is 1.53. The molecule has 0 aliphatic heterocycles. The van der Waals surface area contributed by atoms with Gasteiger partial charge in [0.1, 0.15) is 17.6 Å². The molecule has 4 nitrogen and oxygen atoms in total. The minimum atomic E-state index is -0.496. The number of Topliss-reactive ketones (excluding diaryl/α,β-unsaturated/α-hetero) is 1. The monoisotopic (exact) mass is 221 g/mol. The van der Waals surface area contributed by atoms with Crippen molar-refractivity contribution in [2.45, 2.75) is 26.4 Å². The second kappa shape index (κ2) is 5.30. The molecule has 0 spiro atoms. The van der Waals surface area contributed by atoms with Gasteiger partial charge in [-0.15, -0.1) is 0 Å². The van der Waals surface area contributed by atoms with Crippen LogP contribution in [0.25, 0.3) is 0 Å². The largest absolute Gasteiger partial charge is 0.490 e. The van der Waals surface area contributed by atoms with Gasteiger partial charge in [-0.25, -0.2) is 0 Å². The number of ketones is 1. The second-order valence-corrected chi connectivity index (χ2v) is 3.73. The fraction of sp³-hybridized carbons (Fsp3) is 0.333. The summed E-state index contributed by atoms with van der Waals surface area (Å²) in [5.74, 6) is 0.119. The molecule has 0 heterocycles. The van der Waals surface area contributed by atoms with Crippen LogP contribution >= 0.6 is 0 Å². The van der Waals surface area contributed by atoms with Crippen LogP contribution in [-0.4, -0.2) is 17.8 Å². The van der Waals surface area contributed by atoms with Gasteiger partial charge in [-0.1, -0.05) is 6.07 Å². The van der Waals surface area contributed by atoms with Crippen molar-refractivity contribution >= 4 is 11.7 Å². The molecule has 1 rings (SSSR count). The maximum Gasteiger partial charge on any atom is 0.248 e. The van der Waals surface area contributed by atoms with Crippen LogP contribution in [0.3, 0.4) is 0 Å². The van der Waals surface area contributed by atoms with Gasteiger partial charge in [-0.3, -0.25) is 9.59 Å². The van der Waals surface area contributed by atoms with Crippen LogP contribution in [0.1, 0.15) is 30.6 Å². The highest BCUT2D eigenvalue weighted by molar-refractivity contribution is 5.93. The van der Waals surface area contributed by atoms with Crippen molar-refractivity contribution in [3.05, 3.63) is 29.8 Å². The van der Waals surface area contributed by atoms with Gasteiger partial charge in [0, 0.05) is 12.0 Å². The molecule has 0 aliphatic rings. The summed E-state index contributed by atoms with van der Waals surface area (Å²) >= 11 is 0. The van der Waals surface area contributed by atoms with Crippen LogP contribution in [0.4, 0.5) is 0 Å². The Balaban J connectivity index is 2.70. The molecule has 0 aliphatic carbocycles. The van der Waals surface area contributed by atoms with Crippen molar-refractivity contribution in [3.63, 3.8) is 0 Å². The van der Waals surface area contributed by atoms with Crippen molar-refractivity contribution in [2.75, 3.05) is 0 Å². The third-order valence-corrected chi connectivity index (χ3v) is 2.03. The number of hydrogen-bond donors (Lipinski definition) is 1. The van der Waals surface area contributed by atoms with E-state index in [4.69, 9.17) is 10.5 Å². The standard InChI is InChI=1S/C12H15NO3/c1-8(14)6-9(2)16-11-5-3-4-10(7-11)12(13)15/h3-5,7,9H,6H2,1-2H3,(H2,13,15). The average Bonchev–Trinajstić information content (AvgIpc) is 2.16. The van der Waals surface area contributed by atoms with E-state index in [2.05, 4.69) is 0 Å². The van der Waals surface area contributed by atoms with E-state index in [0.717, 1.165) is 0 Å². The molecule has 2 N–H and O–H groups in total. The minimum Gasteiger partial charge on any atom is -0.490 e. The van der Waals surface area contributed by atoms with Crippen molar-refractivity contribution in [1.82, 2.24) is 0 Å². The number of rotatable bonds is 5. The van der Waals surface area contributed by atoms with Crippen molar-refractivity contribution in [2.24, 2.45) is 5.73 Å². The van der Waals surface area contributed by atoms with Crippen LogP contribution in [0.5, 0.6) is 5.75 Å². The molecule has 0 fully saturated rings. The summed E-state index contributed by atoms with van der Waals surface area (Å²) in [6, 6.07) is 6.60. The zero-order valence-corrected chi connectivity index (χ0v) is 9.40. The molecule has 16 heavy (non-hydrogen) atoms. The molecular weight excluding hydrogens is 206 g/mol. The van der Waals surface area contributed by atoms with Crippen LogP contribution in [0, 0.1) is 0 Å². The highest BCUT2D eigenvalue weighted by Gasteiger charge is 2.08. The SMILES string of the molecule is CC(=O)CC(C)Oc1cccc(C(N)=O)c1. The molecule has 1 aromatic rings. The van der Waals surface area contributed by atoms with Gasteiger partial charge in [0.2, 0.25) is 5.91 Å². The molecular formula is C12H15NO3. The Morgan fingerprint density at radius 1 is 1.44 bits per heavy atom. The number of nitrogens with two attached hydrogens (primary N) is 1. The highest BCUT2D eigenvalue weighted by atomic mass is 16.5. The summed E-state index contributed by atoms with van der Waals surface area (Å²) in [5.41, 5.74) is 5.54. The third-order valence-electron chi connectivity index (χ3n) is 2.03. The highest BCUT2D eigenvalue weighted by Crippen LogP contribution is 2.15. The van der Waals surface area contributed by atoms with Crippen LogP contribution < -0.4 is 10.5 Å². The number of amides is 1. The van der Waals surface area contributed by atoms with Crippen molar-refractivity contribution in [1.29, 1.82) is 0 Å². The lowest BCUT2D eigenvalue weighted by atomic mass is 10.2. The molecule has 0 saturated heterocycles. The lowest BCUT2D eigenvalue weighted by Crippen LogP contribution is -2.16. The van der Waals surface area contributed by atoms with Crippen molar-refractivity contribution < 1.29 is 14.3 Å². The number of benzene rings is 1. The quantitative estimate of drug-likeness (QED) is 0.819. The Morgan fingerprint density at radius 2 is 2.12 bits per heavy atom. The number of carbonyl (C=O) groups excluding carboxylic acids is 2. The summed E-state index contributed by atoms with van der Waals surface area (Å²) in [7, 11) is 0. The van der Waals surface area contributed by atoms with Gasteiger partial charge in [0.25, 0.3) is 0 Å². The number of ether oxygens (including phenoxy) is 1. The lowest BCUT2D eigenvalue weighted by molar-refractivity contribution is -0.118. The first-order chi connectivity index (χ1) is 7.49. The number of primary amides is 1. The zero-order valence-electron chi connectivity index (χ0n) is 9.40. The van der Waals surface area contributed by atoms with E-state index in [1.807, 2.05) is 0 Å². The molecule has 0 radical (unpaired) electrons. The Kier molecular flexibility index (Phi) is 4.05. The first-order valence-electron chi connectivity index (χ1n) is 5.05. The Morgan fingerprint density at radius 3 is 2.69 bits per heavy atom. The van der Waals surface area contributed by atoms with E-state index < -0.39 is 5.91 Å². The average molecular weight is 221 g/mol. The maximum atomic E-state index is 10.9. The fourth-order valence-corrected chi connectivity index (χ4v) is 1.40. The van der Waals surface area contributed by atoms with Gasteiger partial charge >= 0.3 is 0 Å². The topological polar surface area (TPSA) is 69.4 Å². The Bertz CT molecular complexity index is 401. The van der Waals surface area contributed by atoms with Crippen LogP contribution in [0.15, 0.2) is 24.3 Å². The van der Waals surface area contributed by atoms with Crippen LogP contribution in [0.2, 0.25) is 0 Å².